The van der Waals surface area contributed by atoms with E-state index < -0.39 is 10.0 Å². The van der Waals surface area contributed by atoms with Crippen LogP contribution in [0.15, 0.2) is 29.2 Å². The topological polar surface area (TPSA) is 86.5 Å². The molecule has 0 radical (unpaired) electrons. The van der Waals surface area contributed by atoms with E-state index in [-0.39, 0.29) is 10.9 Å². The number of hydrogen-bond acceptors (Lipinski definition) is 4. The summed E-state index contributed by atoms with van der Waals surface area (Å²) in [5, 5.41) is 5.66. The van der Waals surface area contributed by atoms with Crippen LogP contribution in [0.1, 0.15) is 12.8 Å². The number of hydrogen-bond donors (Lipinski definition) is 1. The van der Waals surface area contributed by atoms with E-state index in [1.54, 1.807) is 0 Å². The predicted octanol–water partition coefficient (Wildman–Crippen LogP) is 1.41. The molecular weight excluding hydrogens is 310 g/mol. The molecule has 5 nitrogen and oxygen atoms in total. The smallest absolute Gasteiger partial charge is 0.311 e. The molecule has 0 spiro atoms. The van der Waals surface area contributed by atoms with E-state index in [0.717, 1.165) is 5.33 Å². The minimum atomic E-state index is -3.71. The van der Waals surface area contributed by atoms with Crippen LogP contribution in [0.3, 0.4) is 0 Å². The van der Waals surface area contributed by atoms with Gasteiger partial charge in [0.15, 0.2) is 0 Å². The first-order valence-electron chi connectivity index (χ1n) is 4.83. The molecule has 0 aliphatic carbocycles. The number of carbonyl (C=O) groups is 1. The molecule has 0 saturated carbocycles. The summed E-state index contributed by atoms with van der Waals surface area (Å²) in [4.78, 5) is 11.3. The summed E-state index contributed by atoms with van der Waals surface area (Å²) >= 11 is 3.21. The van der Waals surface area contributed by atoms with E-state index in [4.69, 9.17) is 9.88 Å². The van der Waals surface area contributed by atoms with Gasteiger partial charge in [0.05, 0.1) is 4.90 Å². The van der Waals surface area contributed by atoms with Crippen LogP contribution in [0, 0.1) is 0 Å². The average Bonchev–Trinajstić information content (AvgIpc) is 2.26. The molecule has 94 valence electrons. The van der Waals surface area contributed by atoms with Gasteiger partial charge in [0.25, 0.3) is 0 Å². The number of ether oxygens (including phenoxy) is 1. The van der Waals surface area contributed by atoms with Crippen LogP contribution in [0.25, 0.3) is 0 Å². The Morgan fingerprint density at radius 2 is 1.88 bits per heavy atom. The number of carbonyl (C=O) groups excluding carboxylic acids is 1. The molecule has 0 unspecified atom stereocenters. The molecule has 0 heterocycles. The molecule has 1 aromatic carbocycles. The summed E-state index contributed by atoms with van der Waals surface area (Å²) in [5.74, 6) is -0.0511. The molecule has 0 amide bonds. The van der Waals surface area contributed by atoms with Crippen molar-refractivity contribution in [2.75, 3.05) is 5.33 Å². The van der Waals surface area contributed by atoms with E-state index in [9.17, 15) is 13.2 Å². The van der Waals surface area contributed by atoms with E-state index in [2.05, 4.69) is 15.9 Å². The molecule has 7 heteroatoms. The van der Waals surface area contributed by atoms with Crippen molar-refractivity contribution in [1.29, 1.82) is 0 Å². The third-order valence-electron chi connectivity index (χ3n) is 1.90. The monoisotopic (exact) mass is 321 g/mol. The number of rotatable bonds is 5. The molecule has 17 heavy (non-hydrogen) atoms. The third kappa shape index (κ3) is 4.84. The number of nitrogens with two attached hydrogens (primary N) is 1. The summed E-state index contributed by atoms with van der Waals surface area (Å²) in [6.07, 6.45) is 0.996. The van der Waals surface area contributed by atoms with Gasteiger partial charge in [-0.2, -0.15) is 0 Å². The average molecular weight is 322 g/mol. The highest BCUT2D eigenvalue weighted by Gasteiger charge is 2.08. The molecule has 0 aromatic heterocycles. The second-order valence-electron chi connectivity index (χ2n) is 3.28. The van der Waals surface area contributed by atoms with Crippen molar-refractivity contribution >= 4 is 31.9 Å². The molecule has 0 aliphatic rings. The van der Waals surface area contributed by atoms with E-state index >= 15 is 0 Å². The van der Waals surface area contributed by atoms with Gasteiger partial charge < -0.3 is 4.74 Å². The molecule has 1 aromatic rings. The summed E-state index contributed by atoms with van der Waals surface area (Å²) < 4.78 is 26.9. The quantitative estimate of drug-likeness (QED) is 0.504. The Labute approximate surface area is 108 Å². The Kier molecular flexibility index (Phi) is 5.10. The van der Waals surface area contributed by atoms with Crippen LogP contribution in [-0.2, 0) is 14.8 Å². The third-order valence-corrected chi connectivity index (χ3v) is 3.39. The van der Waals surface area contributed by atoms with Crippen molar-refractivity contribution in [2.45, 2.75) is 17.7 Å². The van der Waals surface area contributed by atoms with Gasteiger partial charge in [0, 0.05) is 11.8 Å². The zero-order valence-electron chi connectivity index (χ0n) is 8.93. The second kappa shape index (κ2) is 6.13. The predicted molar refractivity (Wildman–Crippen MR) is 66.5 cm³/mol. The Hall–Kier alpha value is -0.920. The maximum absolute atomic E-state index is 11.3. The minimum absolute atomic E-state index is 0.0160. The highest BCUT2D eigenvalue weighted by molar-refractivity contribution is 9.09. The number of alkyl halides is 1. The van der Waals surface area contributed by atoms with E-state index in [1.165, 1.54) is 24.3 Å². The SMILES string of the molecule is NS(=O)(=O)c1ccc(OC(=O)CCCBr)cc1. The fourth-order valence-corrected chi connectivity index (χ4v) is 1.89. The lowest BCUT2D eigenvalue weighted by atomic mass is 10.3. The second-order valence-corrected chi connectivity index (χ2v) is 5.64. The van der Waals surface area contributed by atoms with Crippen LogP contribution < -0.4 is 9.88 Å². The van der Waals surface area contributed by atoms with Crippen molar-refractivity contribution in [3.63, 3.8) is 0 Å². The highest BCUT2D eigenvalue weighted by atomic mass is 79.9. The van der Waals surface area contributed by atoms with Gasteiger partial charge in [-0.25, -0.2) is 13.6 Å². The lowest BCUT2D eigenvalue weighted by Crippen LogP contribution is -2.12. The number of primary sulfonamides is 1. The fourth-order valence-electron chi connectivity index (χ4n) is 1.09. The lowest BCUT2D eigenvalue weighted by Gasteiger charge is -2.04. The number of benzene rings is 1. The fraction of sp³-hybridized carbons (Fsp3) is 0.300. The van der Waals surface area contributed by atoms with Gasteiger partial charge in [-0.05, 0) is 30.7 Å². The normalized spacial score (nSPS) is 11.2. The summed E-state index contributed by atoms with van der Waals surface area (Å²) in [6.45, 7) is 0. The largest absolute Gasteiger partial charge is 0.427 e. The Bertz CT molecular complexity index is 484. The zero-order chi connectivity index (χ0) is 12.9. The van der Waals surface area contributed by atoms with Crippen molar-refractivity contribution in [3.05, 3.63) is 24.3 Å². The standard InChI is InChI=1S/C10H12BrNO4S/c11-7-1-2-10(13)16-8-3-5-9(6-4-8)17(12,14)15/h3-6H,1-2,7H2,(H2,12,14,15). The molecule has 0 saturated heterocycles. The highest BCUT2D eigenvalue weighted by Crippen LogP contribution is 2.15. The molecule has 0 bridgehead atoms. The van der Waals surface area contributed by atoms with E-state index in [1.807, 2.05) is 0 Å². The first kappa shape index (κ1) is 14.1. The maximum Gasteiger partial charge on any atom is 0.311 e. The van der Waals surface area contributed by atoms with Crippen LogP contribution >= 0.6 is 15.9 Å². The number of esters is 1. The van der Waals surface area contributed by atoms with Gasteiger partial charge in [-0.1, -0.05) is 15.9 Å². The van der Waals surface area contributed by atoms with Crippen molar-refractivity contribution in [1.82, 2.24) is 0 Å². The van der Waals surface area contributed by atoms with Crippen molar-refractivity contribution < 1.29 is 17.9 Å². The van der Waals surface area contributed by atoms with Gasteiger partial charge in [0.1, 0.15) is 5.75 Å². The minimum Gasteiger partial charge on any atom is -0.427 e. The number of sulfonamides is 1. The van der Waals surface area contributed by atoms with Crippen LogP contribution in [0.2, 0.25) is 0 Å². The van der Waals surface area contributed by atoms with E-state index in [0.29, 0.717) is 18.6 Å². The zero-order valence-corrected chi connectivity index (χ0v) is 11.3. The first-order valence-corrected chi connectivity index (χ1v) is 7.50. The first-order chi connectivity index (χ1) is 7.93. The van der Waals surface area contributed by atoms with Gasteiger partial charge in [0.2, 0.25) is 10.0 Å². The van der Waals surface area contributed by atoms with Crippen molar-refractivity contribution in [2.24, 2.45) is 5.14 Å². The van der Waals surface area contributed by atoms with Crippen molar-refractivity contribution in [3.8, 4) is 5.75 Å². The van der Waals surface area contributed by atoms with Crippen LogP contribution in [0.5, 0.6) is 5.75 Å². The molecule has 1 rings (SSSR count). The van der Waals surface area contributed by atoms with Gasteiger partial charge >= 0.3 is 5.97 Å². The van der Waals surface area contributed by atoms with Crippen LogP contribution in [-0.4, -0.2) is 19.7 Å². The van der Waals surface area contributed by atoms with Crippen LogP contribution in [0.4, 0.5) is 0 Å². The molecule has 0 aliphatic heterocycles. The Morgan fingerprint density at radius 3 is 2.35 bits per heavy atom. The molecule has 0 atom stereocenters. The Balaban J connectivity index is 2.66. The molecule has 0 fully saturated rings. The summed E-state index contributed by atoms with van der Waals surface area (Å²) in [7, 11) is -3.71. The summed E-state index contributed by atoms with van der Waals surface area (Å²) in [6, 6.07) is 5.38. The maximum atomic E-state index is 11.3. The number of halogens is 1. The van der Waals surface area contributed by atoms with Gasteiger partial charge in [-0.3, -0.25) is 4.79 Å². The summed E-state index contributed by atoms with van der Waals surface area (Å²) in [5.41, 5.74) is 0. The Morgan fingerprint density at radius 1 is 1.29 bits per heavy atom. The lowest BCUT2D eigenvalue weighted by molar-refractivity contribution is -0.134. The molecule has 2 N–H and O–H groups in total. The molecular formula is C10H12BrNO4S. The van der Waals surface area contributed by atoms with Gasteiger partial charge in [-0.15, -0.1) is 0 Å².